The number of nitrogens with zero attached hydrogens (tertiary/aromatic N) is 2. The van der Waals surface area contributed by atoms with E-state index in [4.69, 9.17) is 9.72 Å². The van der Waals surface area contributed by atoms with Gasteiger partial charge in [0.1, 0.15) is 4.83 Å². The van der Waals surface area contributed by atoms with Crippen molar-refractivity contribution in [1.82, 2.24) is 9.55 Å². The minimum atomic E-state index is 0.00862. The van der Waals surface area contributed by atoms with Crippen LogP contribution >= 0.6 is 23.1 Å². The molecule has 0 spiro atoms. The Bertz CT molecular complexity index is 1250. The lowest BCUT2D eigenvalue weighted by Gasteiger charge is -2.12. The van der Waals surface area contributed by atoms with Crippen molar-refractivity contribution in [2.75, 3.05) is 19.0 Å². The van der Waals surface area contributed by atoms with Crippen molar-refractivity contribution in [2.24, 2.45) is 0 Å². The molecule has 0 fully saturated rings. The number of thiophene rings is 1. The Hall–Kier alpha value is -2.41. The Morgan fingerprint density at radius 1 is 1.14 bits per heavy atom. The summed E-state index contributed by atoms with van der Waals surface area (Å²) < 4.78 is 7.23. The van der Waals surface area contributed by atoms with Gasteiger partial charge in [0.05, 0.1) is 17.7 Å². The van der Waals surface area contributed by atoms with E-state index in [-0.39, 0.29) is 5.56 Å². The number of ether oxygens (including phenoxy) is 1. The molecule has 0 aliphatic heterocycles. The highest BCUT2D eigenvalue weighted by Crippen LogP contribution is 2.45. The molecule has 1 aliphatic carbocycles. The highest BCUT2D eigenvalue weighted by Gasteiger charge is 2.27. The number of hydrogen-bond acceptors (Lipinski definition) is 5. The van der Waals surface area contributed by atoms with Crippen molar-refractivity contribution >= 4 is 33.3 Å². The topological polar surface area (TPSA) is 44.1 Å². The average Bonchev–Trinajstić information content (AvgIpc) is 3.27. The summed E-state index contributed by atoms with van der Waals surface area (Å²) in [6.07, 6.45) is 0.879. The monoisotopic (exact) mass is 420 g/mol. The van der Waals surface area contributed by atoms with Crippen LogP contribution in [0.3, 0.4) is 0 Å². The molecule has 2 heterocycles. The van der Waals surface area contributed by atoms with Gasteiger partial charge < -0.3 is 4.74 Å². The first-order valence-electron chi connectivity index (χ1n) is 9.70. The highest BCUT2D eigenvalue weighted by atomic mass is 32.2. The lowest BCUT2D eigenvalue weighted by atomic mass is 10.1. The third-order valence-electron chi connectivity index (χ3n) is 5.08. The number of aromatic nitrogens is 2. The predicted molar refractivity (Wildman–Crippen MR) is 121 cm³/mol. The molecule has 0 saturated carbocycles. The summed E-state index contributed by atoms with van der Waals surface area (Å²) in [5, 5.41) is 1.47. The predicted octanol–water partition coefficient (Wildman–Crippen LogP) is 5.15. The quantitative estimate of drug-likeness (QED) is 0.217. The number of rotatable bonds is 6. The Morgan fingerprint density at radius 3 is 2.76 bits per heavy atom. The fraction of sp³-hybridized carbons (Fsp3) is 0.217. The Kier molecular flexibility index (Phi) is 4.99. The van der Waals surface area contributed by atoms with Gasteiger partial charge in [-0.2, -0.15) is 0 Å². The van der Waals surface area contributed by atoms with E-state index in [0.29, 0.717) is 13.2 Å². The molecule has 0 amide bonds. The first-order chi connectivity index (χ1) is 14.3. The van der Waals surface area contributed by atoms with E-state index in [1.807, 2.05) is 43.3 Å². The highest BCUT2D eigenvalue weighted by molar-refractivity contribution is 7.99. The smallest absolute Gasteiger partial charge is 0.268 e. The Labute approximate surface area is 177 Å². The van der Waals surface area contributed by atoms with Gasteiger partial charge >= 0.3 is 0 Å². The first-order valence-corrected chi connectivity index (χ1v) is 11.5. The van der Waals surface area contributed by atoms with Gasteiger partial charge in [0, 0.05) is 29.2 Å². The van der Waals surface area contributed by atoms with E-state index < -0.39 is 0 Å². The van der Waals surface area contributed by atoms with Gasteiger partial charge in [-0.25, -0.2) is 4.98 Å². The largest absolute Gasteiger partial charge is 0.381 e. The number of benzene rings is 2. The summed E-state index contributed by atoms with van der Waals surface area (Å²) in [4.78, 5) is 20.8. The number of para-hydroxylation sites is 1. The summed E-state index contributed by atoms with van der Waals surface area (Å²) in [6, 6.07) is 18.1. The molecule has 4 nitrogen and oxygen atoms in total. The van der Waals surface area contributed by atoms with Crippen LogP contribution in [-0.2, 0) is 11.2 Å². The van der Waals surface area contributed by atoms with Crippen molar-refractivity contribution in [2.45, 2.75) is 18.5 Å². The molecular formula is C23H20N2O2S2. The van der Waals surface area contributed by atoms with Gasteiger partial charge in [-0.15, -0.1) is 11.3 Å². The maximum absolute atomic E-state index is 13.8. The number of hydrogen-bond donors (Lipinski definition) is 0. The summed E-state index contributed by atoms with van der Waals surface area (Å²) in [5.41, 5.74) is 4.39. The van der Waals surface area contributed by atoms with E-state index >= 15 is 0 Å². The van der Waals surface area contributed by atoms with Crippen molar-refractivity contribution < 1.29 is 4.74 Å². The molecular weight excluding hydrogens is 400 g/mol. The van der Waals surface area contributed by atoms with Gasteiger partial charge in [0.15, 0.2) is 5.16 Å². The Morgan fingerprint density at radius 2 is 1.93 bits per heavy atom. The van der Waals surface area contributed by atoms with Crippen LogP contribution in [0.5, 0.6) is 0 Å². The maximum Gasteiger partial charge on any atom is 0.268 e. The fourth-order valence-corrected chi connectivity index (χ4v) is 5.93. The van der Waals surface area contributed by atoms with Crippen LogP contribution in [0.4, 0.5) is 0 Å². The van der Waals surface area contributed by atoms with Crippen molar-refractivity contribution in [3.8, 4) is 16.8 Å². The molecule has 2 aromatic carbocycles. The van der Waals surface area contributed by atoms with Gasteiger partial charge in [-0.3, -0.25) is 9.36 Å². The van der Waals surface area contributed by atoms with Gasteiger partial charge in [-0.1, -0.05) is 54.2 Å². The molecule has 0 N–H and O–H groups in total. The number of fused-ring (bicyclic) bond motifs is 5. The summed E-state index contributed by atoms with van der Waals surface area (Å²) in [6.45, 7) is 3.31. The van der Waals surface area contributed by atoms with Crippen molar-refractivity contribution in [3.63, 3.8) is 0 Å². The standard InChI is InChI=1S/C23H20N2O2S2/c1-2-27-12-13-28-23-24-21-20(22(26)25(23)16-9-4-3-5-10-16)19-17-11-7-6-8-15(17)14-18(19)29-21/h3-11H,2,12-14H2,1H3. The first kappa shape index (κ1) is 18.6. The molecule has 29 heavy (non-hydrogen) atoms. The second kappa shape index (κ2) is 7.78. The molecule has 0 radical (unpaired) electrons. The lowest BCUT2D eigenvalue weighted by Crippen LogP contribution is -2.21. The van der Waals surface area contributed by atoms with E-state index in [1.165, 1.54) is 16.0 Å². The van der Waals surface area contributed by atoms with Crippen LogP contribution in [-0.4, -0.2) is 28.5 Å². The van der Waals surface area contributed by atoms with Gasteiger partial charge in [-0.05, 0) is 30.2 Å². The van der Waals surface area contributed by atoms with Crippen LogP contribution in [0.25, 0.3) is 27.0 Å². The second-order valence-corrected chi connectivity index (χ2v) is 8.98. The molecule has 4 aromatic rings. The zero-order valence-electron chi connectivity index (χ0n) is 16.1. The average molecular weight is 421 g/mol. The normalized spacial score (nSPS) is 12.3. The molecule has 0 unspecified atom stereocenters. The fourth-order valence-electron chi connectivity index (χ4n) is 3.82. The van der Waals surface area contributed by atoms with Gasteiger partial charge in [0.2, 0.25) is 0 Å². The van der Waals surface area contributed by atoms with Crippen LogP contribution in [0.15, 0.2) is 64.5 Å². The molecule has 0 saturated heterocycles. The minimum absolute atomic E-state index is 0.00862. The van der Waals surface area contributed by atoms with Gasteiger partial charge in [0.25, 0.3) is 5.56 Å². The summed E-state index contributed by atoms with van der Waals surface area (Å²) in [7, 11) is 0. The Balaban J connectivity index is 1.71. The third kappa shape index (κ3) is 3.21. The van der Waals surface area contributed by atoms with Crippen LogP contribution in [0.2, 0.25) is 0 Å². The zero-order chi connectivity index (χ0) is 19.8. The van der Waals surface area contributed by atoms with Crippen LogP contribution in [0.1, 0.15) is 17.4 Å². The third-order valence-corrected chi connectivity index (χ3v) is 7.07. The SMILES string of the molecule is CCOCCSc1nc2sc3c(c2c(=O)n1-c1ccccc1)-c1ccccc1C3. The lowest BCUT2D eigenvalue weighted by molar-refractivity contribution is 0.164. The second-order valence-electron chi connectivity index (χ2n) is 6.83. The molecule has 0 bridgehead atoms. The van der Waals surface area contributed by atoms with E-state index in [9.17, 15) is 4.79 Å². The van der Waals surface area contributed by atoms with Crippen molar-refractivity contribution in [3.05, 3.63) is 75.4 Å². The molecule has 5 rings (SSSR count). The molecule has 146 valence electrons. The number of thioether (sulfide) groups is 1. The minimum Gasteiger partial charge on any atom is -0.381 e. The van der Waals surface area contributed by atoms with E-state index in [1.54, 1.807) is 27.7 Å². The van der Waals surface area contributed by atoms with E-state index in [2.05, 4.69) is 18.2 Å². The zero-order valence-corrected chi connectivity index (χ0v) is 17.7. The summed E-state index contributed by atoms with van der Waals surface area (Å²) >= 11 is 3.22. The molecule has 0 atom stereocenters. The molecule has 2 aromatic heterocycles. The summed E-state index contributed by atoms with van der Waals surface area (Å²) in [5.74, 6) is 0.756. The van der Waals surface area contributed by atoms with E-state index in [0.717, 1.165) is 38.8 Å². The van der Waals surface area contributed by atoms with Crippen LogP contribution < -0.4 is 5.56 Å². The van der Waals surface area contributed by atoms with Crippen LogP contribution in [0, 0.1) is 0 Å². The molecule has 6 heteroatoms. The maximum atomic E-state index is 13.8. The molecule has 1 aliphatic rings. The van der Waals surface area contributed by atoms with Crippen molar-refractivity contribution in [1.29, 1.82) is 0 Å².